The van der Waals surface area contributed by atoms with Crippen LogP contribution in [-0.4, -0.2) is 15.0 Å². The van der Waals surface area contributed by atoms with Crippen molar-refractivity contribution in [1.29, 1.82) is 0 Å². The molecule has 0 aliphatic carbocycles. The number of hydrogen-bond donors (Lipinski definition) is 0. The molecule has 0 bridgehead atoms. The van der Waals surface area contributed by atoms with Crippen LogP contribution in [0.4, 0.5) is 0 Å². The van der Waals surface area contributed by atoms with Crippen LogP contribution in [0.1, 0.15) is 12.5 Å². The van der Waals surface area contributed by atoms with E-state index in [1.54, 1.807) is 19.1 Å². The van der Waals surface area contributed by atoms with Gasteiger partial charge in [-0.05, 0) is 37.6 Å². The zero-order valence-electron chi connectivity index (χ0n) is 11.3. The topological polar surface area (TPSA) is 43.4 Å². The minimum absolute atomic E-state index is 0.121. The van der Waals surface area contributed by atoms with Gasteiger partial charge in [0.1, 0.15) is 4.90 Å². The molecule has 0 N–H and O–H groups in total. The molecule has 2 rings (SSSR count). The molecule has 5 heteroatoms. The fraction of sp³-hybridized carbons (Fsp3) is 0.200. The molecule has 0 saturated carbocycles. The van der Waals surface area contributed by atoms with Gasteiger partial charge in [-0.15, -0.1) is 0 Å². The highest BCUT2D eigenvalue weighted by Gasteiger charge is 2.19. The summed E-state index contributed by atoms with van der Waals surface area (Å²) in [6.07, 6.45) is 0. The van der Waals surface area contributed by atoms with E-state index < -0.39 is 10.1 Å². The first-order valence-electron chi connectivity index (χ1n) is 6.20. The summed E-state index contributed by atoms with van der Waals surface area (Å²) in [6.45, 7) is 3.71. The molecule has 20 heavy (non-hydrogen) atoms. The van der Waals surface area contributed by atoms with E-state index in [-0.39, 0.29) is 11.5 Å². The highest BCUT2D eigenvalue weighted by Crippen LogP contribution is 2.30. The van der Waals surface area contributed by atoms with Crippen LogP contribution < -0.4 is 0 Å². The molecule has 0 amide bonds. The number of aryl methyl sites for hydroxylation is 1. The molecule has 106 valence electrons. The van der Waals surface area contributed by atoms with E-state index in [1.807, 2.05) is 37.3 Å². The smallest absolute Gasteiger partial charge is 0.267 e. The first-order chi connectivity index (χ1) is 9.44. The average molecular weight is 355 g/mol. The predicted molar refractivity (Wildman–Crippen MR) is 83.1 cm³/mol. The summed E-state index contributed by atoms with van der Waals surface area (Å²) >= 11 is 3.37. The Morgan fingerprint density at radius 2 is 1.75 bits per heavy atom. The maximum Gasteiger partial charge on any atom is 0.297 e. The Morgan fingerprint density at radius 1 is 1.10 bits per heavy atom. The summed E-state index contributed by atoms with van der Waals surface area (Å²) in [5.41, 5.74) is 2.50. The number of benzene rings is 2. The van der Waals surface area contributed by atoms with Gasteiger partial charge >= 0.3 is 0 Å². The summed E-state index contributed by atoms with van der Waals surface area (Å²) in [5.74, 6) is 0. The monoisotopic (exact) mass is 354 g/mol. The summed E-state index contributed by atoms with van der Waals surface area (Å²) in [5, 5.41) is 0. The Morgan fingerprint density at radius 3 is 2.35 bits per heavy atom. The molecule has 2 aromatic carbocycles. The molecule has 0 spiro atoms. The Balaban J connectivity index is 2.63. The van der Waals surface area contributed by atoms with Crippen LogP contribution >= 0.6 is 15.9 Å². The maximum absolute atomic E-state index is 12.2. The van der Waals surface area contributed by atoms with E-state index in [1.165, 1.54) is 0 Å². The average Bonchev–Trinajstić information content (AvgIpc) is 2.39. The van der Waals surface area contributed by atoms with Crippen molar-refractivity contribution in [3.8, 4) is 11.1 Å². The minimum Gasteiger partial charge on any atom is -0.267 e. The van der Waals surface area contributed by atoms with Gasteiger partial charge in [-0.3, -0.25) is 4.18 Å². The van der Waals surface area contributed by atoms with Gasteiger partial charge in [-0.2, -0.15) is 8.42 Å². The second-order valence-corrected chi connectivity index (χ2v) is 6.87. The first-order valence-corrected chi connectivity index (χ1v) is 8.40. The molecule has 2 aromatic rings. The molecule has 0 fully saturated rings. The zero-order valence-corrected chi connectivity index (χ0v) is 13.7. The minimum atomic E-state index is -3.73. The van der Waals surface area contributed by atoms with Gasteiger partial charge in [0, 0.05) is 10.0 Å². The van der Waals surface area contributed by atoms with Crippen LogP contribution in [-0.2, 0) is 14.3 Å². The van der Waals surface area contributed by atoms with E-state index in [0.717, 1.165) is 15.6 Å². The van der Waals surface area contributed by atoms with Crippen molar-refractivity contribution in [3.05, 3.63) is 52.5 Å². The molecule has 0 unspecified atom stereocenters. The molecule has 0 radical (unpaired) electrons. The predicted octanol–water partition coefficient (Wildman–Crippen LogP) is 4.15. The normalized spacial score (nSPS) is 11.6. The summed E-state index contributed by atoms with van der Waals surface area (Å²) in [4.78, 5) is 0.201. The molecular weight excluding hydrogens is 340 g/mol. The Hall–Kier alpha value is -1.17. The van der Waals surface area contributed by atoms with Crippen molar-refractivity contribution in [2.75, 3.05) is 6.61 Å². The molecule has 0 aliphatic rings. The Labute approximate surface area is 127 Å². The zero-order chi connectivity index (χ0) is 14.8. The maximum atomic E-state index is 12.2. The van der Waals surface area contributed by atoms with Crippen LogP contribution in [0.25, 0.3) is 11.1 Å². The molecule has 0 aromatic heterocycles. The third-order valence-corrected chi connectivity index (χ3v) is 4.80. The SMILES string of the molecule is CCOS(=O)(=O)c1ccc(C)cc1-c1ccc(Br)cc1. The quantitative estimate of drug-likeness (QED) is 0.774. The highest BCUT2D eigenvalue weighted by atomic mass is 79.9. The van der Waals surface area contributed by atoms with Gasteiger partial charge in [-0.25, -0.2) is 0 Å². The van der Waals surface area contributed by atoms with Crippen molar-refractivity contribution in [3.63, 3.8) is 0 Å². The second kappa shape index (κ2) is 6.08. The Kier molecular flexibility index (Phi) is 4.62. The second-order valence-electron chi connectivity index (χ2n) is 4.37. The van der Waals surface area contributed by atoms with E-state index >= 15 is 0 Å². The van der Waals surface area contributed by atoms with E-state index in [9.17, 15) is 8.42 Å². The highest BCUT2D eigenvalue weighted by molar-refractivity contribution is 9.10. The molecule has 0 heterocycles. The van der Waals surface area contributed by atoms with Gasteiger partial charge in [-0.1, -0.05) is 45.8 Å². The fourth-order valence-electron chi connectivity index (χ4n) is 1.94. The summed E-state index contributed by atoms with van der Waals surface area (Å²) in [7, 11) is -3.73. The third kappa shape index (κ3) is 3.29. The van der Waals surface area contributed by atoms with Crippen LogP contribution in [0.2, 0.25) is 0 Å². The lowest BCUT2D eigenvalue weighted by Crippen LogP contribution is -2.07. The fourth-order valence-corrected chi connectivity index (χ4v) is 3.32. The number of halogens is 1. The molecule has 0 aliphatic heterocycles. The largest absolute Gasteiger partial charge is 0.297 e. The van der Waals surface area contributed by atoms with Crippen LogP contribution in [0.15, 0.2) is 51.8 Å². The van der Waals surface area contributed by atoms with Crippen molar-refractivity contribution < 1.29 is 12.6 Å². The van der Waals surface area contributed by atoms with Crippen LogP contribution in [0, 0.1) is 6.92 Å². The van der Waals surface area contributed by atoms with Crippen LogP contribution in [0.5, 0.6) is 0 Å². The lowest BCUT2D eigenvalue weighted by Gasteiger charge is -2.11. The van der Waals surface area contributed by atoms with Gasteiger partial charge < -0.3 is 0 Å². The van der Waals surface area contributed by atoms with Crippen LogP contribution in [0.3, 0.4) is 0 Å². The number of rotatable bonds is 4. The lowest BCUT2D eigenvalue weighted by atomic mass is 10.0. The molecule has 3 nitrogen and oxygen atoms in total. The van der Waals surface area contributed by atoms with Gasteiger partial charge in [0.25, 0.3) is 10.1 Å². The van der Waals surface area contributed by atoms with E-state index in [2.05, 4.69) is 15.9 Å². The number of hydrogen-bond acceptors (Lipinski definition) is 3. The Bertz CT molecular complexity index is 706. The third-order valence-electron chi connectivity index (χ3n) is 2.83. The van der Waals surface area contributed by atoms with Crippen molar-refractivity contribution >= 4 is 26.0 Å². The van der Waals surface area contributed by atoms with E-state index in [0.29, 0.717) is 5.56 Å². The standard InChI is InChI=1S/C15H15BrO3S/c1-3-19-20(17,18)15-9-4-11(2)10-14(15)12-5-7-13(16)8-6-12/h4-10H,3H2,1-2H3. The summed E-state index contributed by atoms with van der Waals surface area (Å²) < 4.78 is 30.2. The van der Waals surface area contributed by atoms with Gasteiger partial charge in [0.05, 0.1) is 6.61 Å². The first kappa shape index (κ1) is 15.2. The van der Waals surface area contributed by atoms with Crippen molar-refractivity contribution in [2.24, 2.45) is 0 Å². The van der Waals surface area contributed by atoms with Gasteiger partial charge in [0.15, 0.2) is 0 Å². The van der Waals surface area contributed by atoms with Crippen molar-refractivity contribution in [1.82, 2.24) is 0 Å². The van der Waals surface area contributed by atoms with E-state index in [4.69, 9.17) is 4.18 Å². The summed E-state index contributed by atoms with van der Waals surface area (Å²) in [6, 6.07) is 12.7. The van der Waals surface area contributed by atoms with Crippen molar-refractivity contribution in [2.45, 2.75) is 18.7 Å². The van der Waals surface area contributed by atoms with Gasteiger partial charge in [0.2, 0.25) is 0 Å². The molecule has 0 saturated heterocycles. The molecule has 0 atom stereocenters. The lowest BCUT2D eigenvalue weighted by molar-refractivity contribution is 0.338. The molecular formula is C15H15BrO3S.